The summed E-state index contributed by atoms with van der Waals surface area (Å²) in [5, 5.41) is 0. The lowest BCUT2D eigenvalue weighted by Gasteiger charge is -2.07. The molecule has 0 aromatic heterocycles. The van der Waals surface area contributed by atoms with Crippen molar-refractivity contribution in [2.45, 2.75) is 104 Å². The molecule has 0 saturated heterocycles. The largest absolute Gasteiger partial charge is 0.539 e. The molecular formula is C20H38BO2. The van der Waals surface area contributed by atoms with E-state index in [1.165, 1.54) is 71.7 Å². The second-order valence-electron chi connectivity index (χ2n) is 6.69. The normalized spacial score (nSPS) is 12.5. The van der Waals surface area contributed by atoms with Gasteiger partial charge in [0, 0.05) is 6.42 Å². The lowest BCUT2D eigenvalue weighted by molar-refractivity contribution is -0.134. The third-order valence-electron chi connectivity index (χ3n) is 4.26. The Morgan fingerprint density at radius 2 is 1.70 bits per heavy atom. The molecular weight excluding hydrogens is 283 g/mol. The van der Waals surface area contributed by atoms with E-state index >= 15 is 0 Å². The number of allylic oxidation sites excluding steroid dienone is 2. The summed E-state index contributed by atoms with van der Waals surface area (Å²) in [5.41, 5.74) is 0. The summed E-state index contributed by atoms with van der Waals surface area (Å²) >= 11 is 0. The van der Waals surface area contributed by atoms with Gasteiger partial charge in [-0.15, -0.1) is 0 Å². The van der Waals surface area contributed by atoms with Crippen molar-refractivity contribution in [1.29, 1.82) is 0 Å². The third kappa shape index (κ3) is 17.5. The van der Waals surface area contributed by atoms with Gasteiger partial charge in [-0.2, -0.15) is 0 Å². The van der Waals surface area contributed by atoms with Gasteiger partial charge in [0.1, 0.15) is 0 Å². The van der Waals surface area contributed by atoms with Crippen LogP contribution in [0.5, 0.6) is 0 Å². The average molecular weight is 321 g/mol. The highest BCUT2D eigenvalue weighted by Gasteiger charge is 2.01. The number of carbonyl (C=O) groups is 1. The van der Waals surface area contributed by atoms with Crippen molar-refractivity contribution < 1.29 is 9.45 Å². The Morgan fingerprint density at radius 1 is 1.00 bits per heavy atom. The zero-order chi connectivity index (χ0) is 17.2. The van der Waals surface area contributed by atoms with Gasteiger partial charge < -0.3 is 4.65 Å². The molecule has 0 heterocycles. The monoisotopic (exact) mass is 321 g/mol. The van der Waals surface area contributed by atoms with E-state index in [0.717, 1.165) is 18.8 Å². The highest BCUT2D eigenvalue weighted by Crippen LogP contribution is 2.15. The minimum absolute atomic E-state index is 0.0979. The molecule has 0 aliphatic rings. The first kappa shape index (κ1) is 22.3. The van der Waals surface area contributed by atoms with Crippen molar-refractivity contribution in [2.24, 2.45) is 5.92 Å². The highest BCUT2D eigenvalue weighted by atomic mass is 16.5. The minimum atomic E-state index is -0.0979. The molecule has 23 heavy (non-hydrogen) atoms. The summed E-state index contributed by atoms with van der Waals surface area (Å²) in [6, 6.07) is 0. The smallest absolute Gasteiger partial charge is 0.370 e. The molecule has 0 aliphatic carbocycles. The van der Waals surface area contributed by atoms with Crippen molar-refractivity contribution in [1.82, 2.24) is 0 Å². The summed E-state index contributed by atoms with van der Waals surface area (Å²) in [5.74, 6) is 0.738. The molecule has 0 aliphatic heterocycles. The summed E-state index contributed by atoms with van der Waals surface area (Å²) < 4.78 is 4.80. The number of hydrogen-bond donors (Lipinski definition) is 0. The maximum absolute atomic E-state index is 11.1. The molecule has 0 aromatic carbocycles. The van der Waals surface area contributed by atoms with Crippen LogP contribution >= 0.6 is 0 Å². The van der Waals surface area contributed by atoms with E-state index in [1.54, 1.807) is 6.82 Å². The molecule has 0 rings (SSSR count). The number of rotatable bonds is 16. The number of hydrogen-bond acceptors (Lipinski definition) is 2. The number of unbranched alkanes of at least 4 members (excludes halogenated alkanes) is 8. The van der Waals surface area contributed by atoms with Crippen molar-refractivity contribution in [3.63, 3.8) is 0 Å². The van der Waals surface area contributed by atoms with E-state index < -0.39 is 0 Å². The summed E-state index contributed by atoms with van der Waals surface area (Å²) in [6.07, 6.45) is 20.5. The van der Waals surface area contributed by atoms with E-state index in [4.69, 9.17) is 4.65 Å². The lowest BCUT2D eigenvalue weighted by Crippen LogP contribution is -2.05. The second-order valence-corrected chi connectivity index (χ2v) is 6.69. The van der Waals surface area contributed by atoms with Gasteiger partial charge in [-0.05, 0) is 31.6 Å². The van der Waals surface area contributed by atoms with Crippen LogP contribution in [-0.4, -0.2) is 13.5 Å². The van der Waals surface area contributed by atoms with Gasteiger partial charge in [0.15, 0.2) is 0 Å². The van der Waals surface area contributed by atoms with Crippen LogP contribution in [0.1, 0.15) is 97.3 Å². The van der Waals surface area contributed by atoms with Gasteiger partial charge in [-0.1, -0.05) is 84.2 Å². The topological polar surface area (TPSA) is 26.3 Å². The number of carbonyl (C=O) groups excluding carboxylic acids is 1. The van der Waals surface area contributed by atoms with Gasteiger partial charge in [0.25, 0.3) is 5.97 Å². The maximum Gasteiger partial charge on any atom is 0.370 e. The van der Waals surface area contributed by atoms with Gasteiger partial charge in [0.05, 0.1) is 0 Å². The van der Waals surface area contributed by atoms with Gasteiger partial charge >= 0.3 is 7.48 Å². The molecule has 1 atom stereocenters. The first-order valence-corrected chi connectivity index (χ1v) is 9.83. The van der Waals surface area contributed by atoms with Crippen LogP contribution in [-0.2, 0) is 9.45 Å². The Labute approximate surface area is 145 Å². The summed E-state index contributed by atoms with van der Waals surface area (Å²) in [4.78, 5) is 11.1. The van der Waals surface area contributed by atoms with Crippen LogP contribution < -0.4 is 0 Å². The summed E-state index contributed by atoms with van der Waals surface area (Å²) in [7, 11) is 1.46. The molecule has 0 amide bonds. The van der Waals surface area contributed by atoms with Crippen LogP contribution in [0.25, 0.3) is 0 Å². The predicted molar refractivity (Wildman–Crippen MR) is 102 cm³/mol. The predicted octanol–water partition coefficient (Wildman–Crippen LogP) is 6.48. The Morgan fingerprint density at radius 3 is 2.43 bits per heavy atom. The molecule has 1 unspecified atom stereocenters. The summed E-state index contributed by atoms with van der Waals surface area (Å²) in [6.45, 7) is 6.38. The molecule has 0 aromatic rings. The molecule has 0 fully saturated rings. The Kier molecular flexibility index (Phi) is 17.1. The van der Waals surface area contributed by atoms with Crippen LogP contribution in [0, 0.1) is 5.92 Å². The van der Waals surface area contributed by atoms with E-state index in [0.29, 0.717) is 6.42 Å². The van der Waals surface area contributed by atoms with Crippen molar-refractivity contribution in [2.75, 3.05) is 0 Å². The van der Waals surface area contributed by atoms with Crippen LogP contribution in [0.4, 0.5) is 0 Å². The molecule has 0 spiro atoms. The van der Waals surface area contributed by atoms with Crippen LogP contribution in [0.15, 0.2) is 12.2 Å². The fourth-order valence-electron chi connectivity index (χ4n) is 2.74. The zero-order valence-electron chi connectivity index (χ0n) is 15.8. The molecule has 0 bridgehead atoms. The zero-order valence-corrected chi connectivity index (χ0v) is 15.8. The molecule has 0 N–H and O–H groups in total. The second kappa shape index (κ2) is 17.6. The Hall–Kier alpha value is -0.725. The standard InChI is InChI=1S/C20H38BO2/c1-4-5-6-13-16-19(2)17-14-11-9-7-8-10-12-15-18-20(22)23-21-3/h11,14,19H,4-10,12-13,15-18H2,1-3H3/b14-11-. The van der Waals surface area contributed by atoms with Gasteiger partial charge in [0.2, 0.25) is 0 Å². The maximum atomic E-state index is 11.1. The van der Waals surface area contributed by atoms with E-state index in [1.807, 2.05) is 0 Å². The van der Waals surface area contributed by atoms with E-state index in [-0.39, 0.29) is 5.97 Å². The first-order valence-electron chi connectivity index (χ1n) is 9.83. The molecule has 133 valence electrons. The van der Waals surface area contributed by atoms with Gasteiger partial charge in [-0.3, -0.25) is 4.79 Å². The highest BCUT2D eigenvalue weighted by molar-refractivity contribution is 6.28. The van der Waals surface area contributed by atoms with Crippen molar-refractivity contribution in [3.05, 3.63) is 12.2 Å². The third-order valence-corrected chi connectivity index (χ3v) is 4.26. The molecule has 1 radical (unpaired) electrons. The average Bonchev–Trinajstić information content (AvgIpc) is 2.53. The Bertz CT molecular complexity index is 289. The van der Waals surface area contributed by atoms with Gasteiger partial charge in [-0.25, -0.2) is 0 Å². The molecule has 0 saturated carbocycles. The molecule has 2 nitrogen and oxygen atoms in total. The minimum Gasteiger partial charge on any atom is -0.539 e. The lowest BCUT2D eigenvalue weighted by atomic mass is 9.99. The van der Waals surface area contributed by atoms with Crippen molar-refractivity contribution >= 4 is 13.5 Å². The first-order chi connectivity index (χ1) is 11.2. The molecule has 3 heteroatoms. The fourth-order valence-corrected chi connectivity index (χ4v) is 2.74. The van der Waals surface area contributed by atoms with E-state index in [9.17, 15) is 4.79 Å². The quantitative estimate of drug-likeness (QED) is 0.185. The van der Waals surface area contributed by atoms with Crippen molar-refractivity contribution in [3.8, 4) is 0 Å². The van der Waals surface area contributed by atoms with Crippen LogP contribution in [0.3, 0.4) is 0 Å². The SMILES string of the molecule is C[B]OC(=O)CCCCCCC/C=C\CC(C)CCCCCC. The van der Waals surface area contributed by atoms with E-state index in [2.05, 4.69) is 26.0 Å². The fraction of sp³-hybridized carbons (Fsp3) is 0.850. The Balaban J connectivity index is 3.29. The van der Waals surface area contributed by atoms with Crippen LogP contribution in [0.2, 0.25) is 6.82 Å².